The van der Waals surface area contributed by atoms with Gasteiger partial charge in [-0.25, -0.2) is 14.3 Å². The molecule has 0 aliphatic heterocycles. The van der Waals surface area contributed by atoms with Crippen molar-refractivity contribution in [2.75, 3.05) is 6.54 Å². The molecule has 10 heteroatoms. The first kappa shape index (κ1) is 22.6. The Morgan fingerprint density at radius 1 is 1.12 bits per heavy atom. The predicted molar refractivity (Wildman–Crippen MR) is 123 cm³/mol. The Bertz CT molecular complexity index is 1270. The molecule has 10 nitrogen and oxygen atoms in total. The lowest BCUT2D eigenvalue weighted by Crippen LogP contribution is -2.39. The van der Waals surface area contributed by atoms with Gasteiger partial charge in [-0.3, -0.25) is 19.0 Å². The number of amides is 1. The number of rotatable bonds is 7. The van der Waals surface area contributed by atoms with Gasteiger partial charge in [0.15, 0.2) is 5.82 Å². The van der Waals surface area contributed by atoms with Crippen molar-refractivity contribution in [1.29, 1.82) is 0 Å². The fraction of sp³-hybridized carbons (Fsp3) is 0.478. The third-order valence-corrected chi connectivity index (χ3v) is 6.11. The summed E-state index contributed by atoms with van der Waals surface area (Å²) in [5.41, 5.74) is 2.06. The van der Waals surface area contributed by atoms with E-state index in [-0.39, 0.29) is 23.6 Å². The minimum absolute atomic E-state index is 0.121. The molecule has 1 aliphatic rings. The molecule has 1 amide bonds. The van der Waals surface area contributed by atoms with Crippen molar-refractivity contribution in [3.63, 3.8) is 0 Å². The van der Waals surface area contributed by atoms with E-state index in [4.69, 9.17) is 0 Å². The van der Waals surface area contributed by atoms with Crippen LogP contribution in [0.4, 0.5) is 0 Å². The Morgan fingerprint density at radius 3 is 2.55 bits per heavy atom. The van der Waals surface area contributed by atoms with Gasteiger partial charge in [0, 0.05) is 36.8 Å². The second kappa shape index (κ2) is 9.51. The number of aromatic nitrogens is 6. The van der Waals surface area contributed by atoms with Crippen molar-refractivity contribution in [2.45, 2.75) is 65.0 Å². The topological polar surface area (TPSA) is 117 Å². The Balaban J connectivity index is 1.40. The van der Waals surface area contributed by atoms with E-state index in [9.17, 15) is 14.4 Å². The molecule has 1 aliphatic carbocycles. The van der Waals surface area contributed by atoms with Crippen LogP contribution in [0.15, 0.2) is 40.2 Å². The molecule has 1 fully saturated rings. The summed E-state index contributed by atoms with van der Waals surface area (Å²) in [6.07, 6.45) is 6.08. The molecule has 174 valence electrons. The zero-order valence-corrected chi connectivity index (χ0v) is 19.2. The molecule has 0 bridgehead atoms. The first-order valence-electron chi connectivity index (χ1n) is 11.3. The highest BCUT2D eigenvalue weighted by molar-refractivity contribution is 5.79. The number of carbonyl (C=O) groups is 1. The summed E-state index contributed by atoms with van der Waals surface area (Å²) in [4.78, 5) is 41.9. The fourth-order valence-electron chi connectivity index (χ4n) is 4.28. The molecule has 0 radical (unpaired) electrons. The maximum atomic E-state index is 12.7. The number of nitrogens with one attached hydrogen (secondary N) is 1. The van der Waals surface area contributed by atoms with Gasteiger partial charge in [0.05, 0.1) is 17.7 Å². The number of nitrogens with zero attached hydrogens (tertiary/aromatic N) is 6. The monoisotopic (exact) mass is 451 g/mol. The SMILES string of the molecule is Cc1cc(C)n(-c2ccc(=O)n(C(C)C(=O)NCCn3cnc(C4CCCC4)cc3=O)n2)n1. The highest BCUT2D eigenvalue weighted by Crippen LogP contribution is 2.32. The average Bonchev–Trinajstić information content (AvgIpc) is 3.44. The molecule has 33 heavy (non-hydrogen) atoms. The summed E-state index contributed by atoms with van der Waals surface area (Å²) in [5, 5.41) is 11.5. The summed E-state index contributed by atoms with van der Waals surface area (Å²) in [7, 11) is 0. The van der Waals surface area contributed by atoms with Gasteiger partial charge in [0.2, 0.25) is 5.91 Å². The Labute approximate surface area is 191 Å². The Kier molecular flexibility index (Phi) is 6.52. The van der Waals surface area contributed by atoms with Gasteiger partial charge < -0.3 is 5.32 Å². The zero-order valence-electron chi connectivity index (χ0n) is 19.2. The van der Waals surface area contributed by atoms with E-state index in [0.717, 1.165) is 34.6 Å². The fourth-order valence-corrected chi connectivity index (χ4v) is 4.28. The maximum Gasteiger partial charge on any atom is 0.267 e. The molecule has 1 unspecified atom stereocenters. The largest absolute Gasteiger partial charge is 0.352 e. The average molecular weight is 452 g/mol. The van der Waals surface area contributed by atoms with E-state index in [1.807, 2.05) is 19.9 Å². The second-order valence-corrected chi connectivity index (χ2v) is 8.61. The molecule has 3 aromatic rings. The molecule has 3 heterocycles. The van der Waals surface area contributed by atoms with Crippen LogP contribution in [-0.4, -0.2) is 41.6 Å². The normalized spacial score (nSPS) is 15.0. The second-order valence-electron chi connectivity index (χ2n) is 8.61. The van der Waals surface area contributed by atoms with E-state index in [1.54, 1.807) is 30.1 Å². The highest BCUT2D eigenvalue weighted by atomic mass is 16.2. The van der Waals surface area contributed by atoms with Gasteiger partial charge in [-0.1, -0.05) is 12.8 Å². The van der Waals surface area contributed by atoms with E-state index < -0.39 is 6.04 Å². The predicted octanol–water partition coefficient (Wildman–Crippen LogP) is 1.64. The van der Waals surface area contributed by atoms with Crippen LogP contribution in [0.1, 0.15) is 61.6 Å². The minimum atomic E-state index is -0.825. The lowest BCUT2D eigenvalue weighted by molar-refractivity contribution is -0.124. The Morgan fingerprint density at radius 2 is 1.88 bits per heavy atom. The van der Waals surface area contributed by atoms with Crippen LogP contribution in [0.5, 0.6) is 0 Å². The van der Waals surface area contributed by atoms with Crippen LogP contribution in [-0.2, 0) is 11.3 Å². The van der Waals surface area contributed by atoms with Gasteiger partial charge in [-0.15, -0.1) is 5.10 Å². The van der Waals surface area contributed by atoms with Crippen LogP contribution in [0.3, 0.4) is 0 Å². The smallest absolute Gasteiger partial charge is 0.267 e. The van der Waals surface area contributed by atoms with Crippen LogP contribution in [0, 0.1) is 13.8 Å². The van der Waals surface area contributed by atoms with E-state index >= 15 is 0 Å². The summed E-state index contributed by atoms with van der Waals surface area (Å²) in [6.45, 7) is 5.91. The quantitative estimate of drug-likeness (QED) is 0.584. The molecule has 1 atom stereocenters. The van der Waals surface area contributed by atoms with E-state index in [0.29, 0.717) is 18.3 Å². The molecule has 1 saturated carbocycles. The number of aryl methyl sites for hydroxylation is 2. The number of carbonyl (C=O) groups excluding carboxylic acids is 1. The van der Waals surface area contributed by atoms with Crippen molar-refractivity contribution in [1.82, 2.24) is 34.4 Å². The van der Waals surface area contributed by atoms with E-state index in [2.05, 4.69) is 20.5 Å². The molecule has 3 aromatic heterocycles. The third-order valence-electron chi connectivity index (χ3n) is 6.11. The third kappa shape index (κ3) is 4.94. The van der Waals surface area contributed by atoms with Gasteiger partial charge >= 0.3 is 0 Å². The molecule has 1 N–H and O–H groups in total. The maximum absolute atomic E-state index is 12.7. The first-order chi connectivity index (χ1) is 15.8. The summed E-state index contributed by atoms with van der Waals surface area (Å²) in [5.74, 6) is 0.474. The summed E-state index contributed by atoms with van der Waals surface area (Å²) in [6, 6.07) is 5.64. The van der Waals surface area contributed by atoms with Crippen LogP contribution in [0.25, 0.3) is 5.82 Å². The van der Waals surface area contributed by atoms with Crippen LogP contribution in [0.2, 0.25) is 0 Å². The van der Waals surface area contributed by atoms with Gasteiger partial charge in [0.1, 0.15) is 6.04 Å². The van der Waals surface area contributed by atoms with Crippen molar-refractivity contribution in [3.8, 4) is 5.82 Å². The Hall–Kier alpha value is -3.56. The van der Waals surface area contributed by atoms with Crippen molar-refractivity contribution < 1.29 is 4.79 Å². The van der Waals surface area contributed by atoms with Gasteiger partial charge in [0.25, 0.3) is 11.1 Å². The van der Waals surface area contributed by atoms with E-state index in [1.165, 1.54) is 23.5 Å². The van der Waals surface area contributed by atoms with Crippen molar-refractivity contribution >= 4 is 5.91 Å². The number of hydrogen-bond donors (Lipinski definition) is 1. The molecule has 4 rings (SSSR count). The first-order valence-corrected chi connectivity index (χ1v) is 11.3. The number of hydrogen-bond acceptors (Lipinski definition) is 6. The van der Waals surface area contributed by atoms with Gasteiger partial charge in [-0.2, -0.15) is 5.10 Å². The highest BCUT2D eigenvalue weighted by Gasteiger charge is 2.20. The standard InChI is InChI=1S/C23H29N7O3/c1-15-12-16(2)29(26-15)20-8-9-21(31)30(27-20)17(3)23(33)24-10-11-28-14-25-19(13-22(28)32)18-6-4-5-7-18/h8-9,12-14,17-18H,4-7,10-11H2,1-3H3,(H,24,33). The van der Waals surface area contributed by atoms with Crippen LogP contribution >= 0.6 is 0 Å². The zero-order chi connectivity index (χ0) is 23.5. The summed E-state index contributed by atoms with van der Waals surface area (Å²) < 4.78 is 4.26. The molecular formula is C23H29N7O3. The minimum Gasteiger partial charge on any atom is -0.352 e. The van der Waals surface area contributed by atoms with Crippen LogP contribution < -0.4 is 16.4 Å². The molecular weight excluding hydrogens is 422 g/mol. The summed E-state index contributed by atoms with van der Waals surface area (Å²) >= 11 is 0. The molecule has 0 spiro atoms. The molecule has 0 saturated heterocycles. The van der Waals surface area contributed by atoms with Crippen molar-refractivity contribution in [2.24, 2.45) is 0 Å². The lowest BCUT2D eigenvalue weighted by atomic mass is 10.0. The molecule has 0 aromatic carbocycles. The van der Waals surface area contributed by atoms with Crippen molar-refractivity contribution in [3.05, 3.63) is 68.4 Å². The van der Waals surface area contributed by atoms with Gasteiger partial charge in [-0.05, 0) is 45.7 Å². The lowest BCUT2D eigenvalue weighted by Gasteiger charge is -2.16.